The van der Waals surface area contributed by atoms with Crippen LogP contribution in [0.25, 0.3) is 0 Å². The molecule has 3 aromatic rings. The fourth-order valence-electron chi connectivity index (χ4n) is 2.44. The van der Waals surface area contributed by atoms with Crippen LogP contribution in [0, 0.1) is 14.9 Å². The molecule has 3 rings (SSSR count). The molecule has 10 nitrogen and oxygen atoms in total. The van der Waals surface area contributed by atoms with Crippen molar-refractivity contribution in [2.24, 2.45) is 15.3 Å². The second-order valence-corrected chi connectivity index (χ2v) is 7.43. The van der Waals surface area contributed by atoms with Crippen LogP contribution in [0.1, 0.15) is 23.3 Å². The van der Waals surface area contributed by atoms with Crippen LogP contribution in [0.2, 0.25) is 0 Å². The molecule has 0 saturated heterocycles. The number of hydrogen-bond donors (Lipinski definition) is 2. The predicted molar refractivity (Wildman–Crippen MR) is 128 cm³/mol. The van der Waals surface area contributed by atoms with E-state index in [2.05, 4.69) is 20.8 Å². The Morgan fingerprint density at radius 1 is 0.897 bits per heavy atom. The minimum atomic E-state index is -4.77. The SMILES string of the molecule is C.O=C(O)c1ccccc1N=NC(=NNc1cc(S(=O)(=O)[O-])ccc1[O-])c1ccccc1.[CH3-].[CH3-].[Na+].[Na+].[Na+].[Zn+2].[Zn]. The summed E-state index contributed by atoms with van der Waals surface area (Å²) in [5.41, 5.74) is 2.64. The molecule has 0 aliphatic carbocycles. The summed E-state index contributed by atoms with van der Waals surface area (Å²) >= 11 is 0. The van der Waals surface area contributed by atoms with Gasteiger partial charge < -0.3 is 29.6 Å². The van der Waals surface area contributed by atoms with Gasteiger partial charge in [-0.3, -0.25) is 5.43 Å². The van der Waals surface area contributed by atoms with Gasteiger partial charge >= 0.3 is 114 Å². The van der Waals surface area contributed by atoms with Crippen molar-refractivity contribution in [3.8, 4) is 5.75 Å². The molecule has 39 heavy (non-hydrogen) atoms. The van der Waals surface area contributed by atoms with E-state index in [1.165, 1.54) is 12.1 Å². The summed E-state index contributed by atoms with van der Waals surface area (Å²) in [4.78, 5) is 10.7. The zero-order chi connectivity index (χ0) is 22.4. The molecule has 0 aromatic heterocycles. The number of benzene rings is 3. The molecular formula is C23H24N4Na3O6SZn2+. The van der Waals surface area contributed by atoms with Gasteiger partial charge in [-0.15, -0.1) is 10.2 Å². The number of carboxylic acids is 1. The van der Waals surface area contributed by atoms with Gasteiger partial charge in [-0.05, 0) is 24.3 Å². The van der Waals surface area contributed by atoms with E-state index in [0.29, 0.717) is 5.56 Å². The summed E-state index contributed by atoms with van der Waals surface area (Å²) in [6.07, 6.45) is 0. The van der Waals surface area contributed by atoms with Crippen molar-refractivity contribution in [1.82, 2.24) is 0 Å². The van der Waals surface area contributed by atoms with Crippen LogP contribution < -0.4 is 99.2 Å². The molecule has 0 heterocycles. The minimum absolute atomic E-state index is 0. The van der Waals surface area contributed by atoms with Gasteiger partial charge in [0, 0.05) is 30.7 Å². The molecule has 0 aliphatic heterocycles. The van der Waals surface area contributed by atoms with Crippen molar-refractivity contribution in [3.05, 3.63) is 98.8 Å². The van der Waals surface area contributed by atoms with Crippen LogP contribution in [-0.4, -0.2) is 29.9 Å². The number of nitrogens with zero attached hydrogens (tertiary/aromatic N) is 3. The number of anilines is 1. The number of aromatic carboxylic acids is 1. The zero-order valence-corrected chi connectivity index (χ0v) is 34.8. The molecule has 0 radical (unpaired) electrons. The van der Waals surface area contributed by atoms with E-state index >= 15 is 0 Å². The maximum atomic E-state index is 12.0. The Bertz CT molecular complexity index is 1300. The fraction of sp³-hybridized carbons (Fsp3) is 0.0435. The van der Waals surface area contributed by atoms with E-state index < -0.39 is 26.7 Å². The van der Waals surface area contributed by atoms with Crippen LogP contribution in [0.4, 0.5) is 11.4 Å². The topological polar surface area (TPSA) is 167 Å². The molecule has 0 amide bonds. The summed E-state index contributed by atoms with van der Waals surface area (Å²) in [5, 5.41) is 33.2. The average Bonchev–Trinajstić information content (AvgIpc) is 2.75. The number of hydrogen-bond acceptors (Lipinski definition) is 8. The maximum Gasteiger partial charge on any atom is 2.00 e. The van der Waals surface area contributed by atoms with Crippen molar-refractivity contribution >= 4 is 33.3 Å². The monoisotopic (exact) mass is 681 g/mol. The summed E-state index contributed by atoms with van der Waals surface area (Å²) in [6, 6.07) is 17.1. The smallest absolute Gasteiger partial charge is 0.871 e. The molecule has 0 unspecified atom stereocenters. The fourth-order valence-corrected chi connectivity index (χ4v) is 2.94. The van der Waals surface area contributed by atoms with E-state index in [9.17, 15) is 28.0 Å². The Morgan fingerprint density at radius 3 is 1.97 bits per heavy atom. The number of nitrogens with one attached hydrogen (secondary N) is 1. The van der Waals surface area contributed by atoms with Gasteiger partial charge in [0.1, 0.15) is 15.8 Å². The second kappa shape index (κ2) is 24.7. The predicted octanol–water partition coefficient (Wildman–Crippen LogP) is -4.54. The van der Waals surface area contributed by atoms with Gasteiger partial charge in [0.2, 0.25) is 5.84 Å². The van der Waals surface area contributed by atoms with E-state index in [4.69, 9.17) is 0 Å². The summed E-state index contributed by atoms with van der Waals surface area (Å²) in [7, 11) is -4.77. The van der Waals surface area contributed by atoms with Gasteiger partial charge in [-0.2, -0.15) is 5.10 Å². The molecule has 0 spiro atoms. The minimum Gasteiger partial charge on any atom is -0.871 e. The van der Waals surface area contributed by atoms with E-state index in [0.717, 1.165) is 18.2 Å². The molecule has 3 aromatic carbocycles. The van der Waals surface area contributed by atoms with Crippen LogP contribution in [-0.2, 0) is 49.1 Å². The normalized spacial score (nSPS) is 9.62. The number of azo groups is 1. The molecule has 0 saturated carbocycles. The molecule has 0 bridgehead atoms. The van der Waals surface area contributed by atoms with Crippen LogP contribution >= 0.6 is 0 Å². The first-order chi connectivity index (χ1) is 14.8. The van der Waals surface area contributed by atoms with Gasteiger partial charge in [-0.25, -0.2) is 13.2 Å². The third-order valence-electron chi connectivity index (χ3n) is 3.94. The molecule has 184 valence electrons. The number of hydrazone groups is 1. The van der Waals surface area contributed by atoms with E-state index in [1.807, 2.05) is 0 Å². The number of carbonyl (C=O) groups is 1. The first-order valence-electron chi connectivity index (χ1n) is 8.66. The van der Waals surface area contributed by atoms with E-state index in [1.54, 1.807) is 42.5 Å². The van der Waals surface area contributed by atoms with Crippen molar-refractivity contribution in [1.29, 1.82) is 0 Å². The Labute approximate surface area is 322 Å². The number of carboxylic acid groups (broad SMARTS) is 1. The van der Waals surface area contributed by atoms with Crippen LogP contribution in [0.5, 0.6) is 5.75 Å². The van der Waals surface area contributed by atoms with Crippen LogP contribution in [0.3, 0.4) is 0 Å². The van der Waals surface area contributed by atoms with Gasteiger partial charge in [0.05, 0.1) is 10.5 Å². The third kappa shape index (κ3) is 15.8. The standard InChI is InChI=1S/C20H16N4O6S.CH4.2CH3.3Na.2Zn/c25-18-11-10-14(31(28,29)30)12-17(18)22-24-19(13-6-2-1-3-7-13)23-21-16-9-5-4-8-15(16)20(26)27;;;;;;;;/h1-12,22,25H,(H,26,27)(H,28,29,30);1H4;2*1H3;;;;;/q;;2*-1;3*+1;;+2/p-2. The molecular weight excluding hydrogens is 660 g/mol. The largest absolute Gasteiger partial charge is 2.00 e. The first-order valence-corrected chi connectivity index (χ1v) is 10.1. The first kappa shape index (κ1) is 51.9. The van der Waals surface area contributed by atoms with Gasteiger partial charge in [-0.1, -0.05) is 61.7 Å². The molecule has 0 atom stereocenters. The van der Waals surface area contributed by atoms with Crippen molar-refractivity contribution in [2.45, 2.75) is 12.3 Å². The van der Waals surface area contributed by atoms with Gasteiger partial charge in [0.25, 0.3) is 0 Å². The Kier molecular flexibility index (Phi) is 32.9. The summed E-state index contributed by atoms with van der Waals surface area (Å²) < 4.78 is 33.6. The molecule has 0 fully saturated rings. The quantitative estimate of drug-likeness (QED) is 0.0502. The maximum absolute atomic E-state index is 12.0. The number of rotatable bonds is 6. The molecule has 2 N–H and O–H groups in total. The third-order valence-corrected chi connectivity index (χ3v) is 4.77. The Morgan fingerprint density at radius 2 is 1.44 bits per heavy atom. The second-order valence-electron chi connectivity index (χ2n) is 6.05. The van der Waals surface area contributed by atoms with Crippen LogP contribution in [0.15, 0.2) is 93.0 Å². The molecule has 0 aliphatic rings. The molecule has 16 heteroatoms. The van der Waals surface area contributed by atoms with Crippen molar-refractivity contribution in [3.63, 3.8) is 0 Å². The van der Waals surface area contributed by atoms with Crippen molar-refractivity contribution < 1.29 is 156 Å². The zero-order valence-electron chi connectivity index (χ0n) is 22.1. The van der Waals surface area contributed by atoms with E-state index in [-0.39, 0.29) is 173 Å². The average molecular weight is 684 g/mol. The summed E-state index contributed by atoms with van der Waals surface area (Å²) in [6.45, 7) is 0. The van der Waals surface area contributed by atoms with Gasteiger partial charge in [0.15, 0.2) is 0 Å². The Balaban J connectivity index is -0.000000340. The summed E-state index contributed by atoms with van der Waals surface area (Å²) in [5.74, 6) is -1.80. The number of amidine groups is 1. The Hall–Kier alpha value is 0.157. The van der Waals surface area contributed by atoms with Crippen molar-refractivity contribution in [2.75, 3.05) is 5.43 Å².